The van der Waals surface area contributed by atoms with Crippen LogP contribution in [0.4, 0.5) is 0 Å². The number of carbonyl (C=O) groups excluding carboxylic acids is 1. The van der Waals surface area contributed by atoms with Gasteiger partial charge in [0.2, 0.25) is 0 Å². The average molecular weight is 376 g/mol. The second-order valence-corrected chi connectivity index (χ2v) is 7.31. The highest BCUT2D eigenvalue weighted by Crippen LogP contribution is 2.42. The number of carboxylic acids is 1. The smallest absolute Gasteiger partial charge is 0.326 e. The first kappa shape index (κ1) is 19.6. The van der Waals surface area contributed by atoms with Crippen molar-refractivity contribution in [3.05, 3.63) is 29.8 Å². The Hall–Kier alpha value is -2.12. The van der Waals surface area contributed by atoms with Crippen molar-refractivity contribution in [3.8, 4) is 5.75 Å². The number of likely N-dealkylation sites (tertiary alicyclic amines) is 1. The van der Waals surface area contributed by atoms with E-state index in [9.17, 15) is 14.7 Å². The molecule has 1 atom stereocenters. The van der Waals surface area contributed by atoms with Crippen LogP contribution < -0.4 is 10.1 Å². The lowest BCUT2D eigenvalue weighted by molar-refractivity contribution is -0.141. The second-order valence-electron chi connectivity index (χ2n) is 7.31. The third kappa shape index (κ3) is 4.59. The number of piperidine rings is 1. The molecule has 2 heterocycles. The highest BCUT2D eigenvalue weighted by molar-refractivity contribution is 5.97. The van der Waals surface area contributed by atoms with Crippen molar-refractivity contribution >= 4 is 11.9 Å². The number of hydrogen-bond acceptors (Lipinski definition) is 5. The van der Waals surface area contributed by atoms with Crippen LogP contribution in [0.1, 0.15) is 36.5 Å². The number of hydrogen-bond donors (Lipinski definition) is 2. The molecule has 2 saturated heterocycles. The zero-order valence-electron chi connectivity index (χ0n) is 15.8. The van der Waals surface area contributed by atoms with E-state index in [0.29, 0.717) is 44.1 Å². The van der Waals surface area contributed by atoms with Gasteiger partial charge in [-0.1, -0.05) is 6.07 Å². The molecule has 0 radical (unpaired) electrons. The Morgan fingerprint density at radius 2 is 2.07 bits per heavy atom. The van der Waals surface area contributed by atoms with Crippen molar-refractivity contribution in [2.24, 2.45) is 5.41 Å². The fraction of sp³-hybridized carbons (Fsp3) is 0.600. The monoisotopic (exact) mass is 376 g/mol. The zero-order chi connectivity index (χ0) is 19.3. The normalized spacial score (nSPS) is 21.4. The Balaban J connectivity index is 1.72. The minimum absolute atomic E-state index is 0.0877. The zero-order valence-corrected chi connectivity index (χ0v) is 15.8. The number of ether oxygens (including phenoxy) is 2. The van der Waals surface area contributed by atoms with E-state index in [1.807, 2.05) is 6.92 Å². The molecule has 2 aliphatic heterocycles. The molecule has 0 saturated carbocycles. The van der Waals surface area contributed by atoms with Gasteiger partial charge in [-0.2, -0.15) is 0 Å². The highest BCUT2D eigenvalue weighted by Gasteiger charge is 2.49. The topological polar surface area (TPSA) is 88.1 Å². The van der Waals surface area contributed by atoms with E-state index in [1.54, 1.807) is 24.3 Å². The number of aliphatic carboxylic acids is 1. The van der Waals surface area contributed by atoms with Crippen LogP contribution >= 0.6 is 0 Å². The van der Waals surface area contributed by atoms with Gasteiger partial charge < -0.3 is 24.8 Å². The molecule has 1 spiro atoms. The SMILES string of the molecule is CCOCCOc1cccc(C(=O)N2CC3(CCNCC3)CC2C(=O)O)c1. The predicted molar refractivity (Wildman–Crippen MR) is 100 cm³/mol. The van der Waals surface area contributed by atoms with Crippen molar-refractivity contribution < 1.29 is 24.2 Å². The summed E-state index contributed by atoms with van der Waals surface area (Å²) in [5.74, 6) is -0.584. The summed E-state index contributed by atoms with van der Waals surface area (Å²) in [6, 6.07) is 6.17. The van der Waals surface area contributed by atoms with Crippen LogP contribution in [0.2, 0.25) is 0 Å². The van der Waals surface area contributed by atoms with Gasteiger partial charge in [0.1, 0.15) is 18.4 Å². The summed E-state index contributed by atoms with van der Waals surface area (Å²) in [7, 11) is 0. The fourth-order valence-corrected chi connectivity index (χ4v) is 4.06. The van der Waals surface area contributed by atoms with Crippen LogP contribution in [0.15, 0.2) is 24.3 Å². The minimum atomic E-state index is -0.928. The highest BCUT2D eigenvalue weighted by atomic mass is 16.5. The number of carbonyl (C=O) groups is 2. The number of benzene rings is 1. The molecule has 2 fully saturated rings. The predicted octanol–water partition coefficient (Wildman–Crippen LogP) is 1.77. The van der Waals surface area contributed by atoms with Crippen LogP contribution in [0.25, 0.3) is 0 Å². The standard InChI is InChI=1S/C20H28N2O5/c1-2-26-10-11-27-16-5-3-4-15(12-16)18(23)22-14-20(6-8-21-9-7-20)13-17(22)19(24)25/h3-5,12,17,21H,2,6-11,13-14H2,1H3,(H,24,25). The molecule has 0 bridgehead atoms. The summed E-state index contributed by atoms with van der Waals surface area (Å²) in [6.07, 6.45) is 2.34. The maximum atomic E-state index is 13.1. The molecule has 2 aliphatic rings. The van der Waals surface area contributed by atoms with Crippen molar-refractivity contribution in [2.75, 3.05) is 39.5 Å². The molecule has 1 unspecified atom stereocenters. The lowest BCUT2D eigenvalue weighted by Gasteiger charge is -2.33. The molecule has 1 amide bonds. The molecule has 2 N–H and O–H groups in total. The van der Waals surface area contributed by atoms with Crippen LogP contribution in [0.3, 0.4) is 0 Å². The number of nitrogens with one attached hydrogen (secondary N) is 1. The van der Waals surface area contributed by atoms with Gasteiger partial charge in [-0.3, -0.25) is 4.79 Å². The Labute approximate surface area is 159 Å². The van der Waals surface area contributed by atoms with E-state index in [-0.39, 0.29) is 11.3 Å². The summed E-state index contributed by atoms with van der Waals surface area (Å²) < 4.78 is 10.9. The fourth-order valence-electron chi connectivity index (χ4n) is 4.06. The summed E-state index contributed by atoms with van der Waals surface area (Å²) in [5.41, 5.74) is 0.372. The molecule has 3 rings (SSSR count). The van der Waals surface area contributed by atoms with Gasteiger partial charge in [-0.15, -0.1) is 0 Å². The maximum Gasteiger partial charge on any atom is 0.326 e. The minimum Gasteiger partial charge on any atom is -0.491 e. The van der Waals surface area contributed by atoms with Gasteiger partial charge in [0.15, 0.2) is 0 Å². The molecule has 7 nitrogen and oxygen atoms in total. The van der Waals surface area contributed by atoms with Crippen molar-refractivity contribution in [1.82, 2.24) is 10.2 Å². The number of rotatable bonds is 7. The van der Waals surface area contributed by atoms with Crippen LogP contribution in [0.5, 0.6) is 5.75 Å². The first-order valence-corrected chi connectivity index (χ1v) is 9.60. The van der Waals surface area contributed by atoms with E-state index in [1.165, 1.54) is 4.90 Å². The van der Waals surface area contributed by atoms with E-state index >= 15 is 0 Å². The van der Waals surface area contributed by atoms with E-state index in [0.717, 1.165) is 25.9 Å². The summed E-state index contributed by atoms with van der Waals surface area (Å²) >= 11 is 0. The largest absolute Gasteiger partial charge is 0.491 e. The summed E-state index contributed by atoms with van der Waals surface area (Å²) in [4.78, 5) is 26.4. The Kier molecular flexibility index (Phi) is 6.34. The molecular weight excluding hydrogens is 348 g/mol. The maximum absolute atomic E-state index is 13.1. The lowest BCUT2D eigenvalue weighted by atomic mass is 9.77. The van der Waals surface area contributed by atoms with Gasteiger partial charge in [0.05, 0.1) is 6.61 Å². The van der Waals surface area contributed by atoms with Crippen molar-refractivity contribution in [1.29, 1.82) is 0 Å². The van der Waals surface area contributed by atoms with E-state index < -0.39 is 12.0 Å². The second kappa shape index (κ2) is 8.71. The summed E-state index contributed by atoms with van der Waals surface area (Å²) in [6.45, 7) is 5.69. The molecule has 1 aromatic carbocycles. The van der Waals surface area contributed by atoms with E-state index in [2.05, 4.69) is 5.32 Å². The molecule has 27 heavy (non-hydrogen) atoms. The molecule has 0 aliphatic carbocycles. The Bertz CT molecular complexity index is 672. The third-order valence-corrected chi connectivity index (χ3v) is 5.50. The lowest BCUT2D eigenvalue weighted by Crippen LogP contribution is -2.41. The van der Waals surface area contributed by atoms with Crippen molar-refractivity contribution in [3.63, 3.8) is 0 Å². The Morgan fingerprint density at radius 1 is 1.30 bits per heavy atom. The summed E-state index contributed by atoms with van der Waals surface area (Å²) in [5, 5.41) is 13.0. The van der Waals surface area contributed by atoms with Gasteiger partial charge in [0, 0.05) is 18.7 Å². The molecule has 0 aromatic heterocycles. The number of carboxylic acid groups (broad SMARTS) is 1. The third-order valence-electron chi connectivity index (χ3n) is 5.50. The quantitative estimate of drug-likeness (QED) is 0.705. The van der Waals surface area contributed by atoms with Gasteiger partial charge in [-0.05, 0) is 62.9 Å². The first-order chi connectivity index (χ1) is 13.0. The molecule has 1 aromatic rings. The van der Waals surface area contributed by atoms with Gasteiger partial charge in [0.25, 0.3) is 5.91 Å². The van der Waals surface area contributed by atoms with Crippen LogP contribution in [-0.2, 0) is 9.53 Å². The first-order valence-electron chi connectivity index (χ1n) is 9.60. The molecule has 148 valence electrons. The Morgan fingerprint density at radius 3 is 2.78 bits per heavy atom. The number of nitrogens with zero attached hydrogens (tertiary/aromatic N) is 1. The molecule has 7 heteroatoms. The van der Waals surface area contributed by atoms with Crippen LogP contribution in [0, 0.1) is 5.41 Å². The average Bonchev–Trinajstić information content (AvgIpc) is 3.05. The van der Waals surface area contributed by atoms with Crippen molar-refractivity contribution in [2.45, 2.75) is 32.2 Å². The van der Waals surface area contributed by atoms with Gasteiger partial charge >= 0.3 is 5.97 Å². The molecular formula is C20H28N2O5. The number of amides is 1. The van der Waals surface area contributed by atoms with Gasteiger partial charge in [-0.25, -0.2) is 4.79 Å². The van der Waals surface area contributed by atoms with E-state index in [4.69, 9.17) is 9.47 Å². The van der Waals surface area contributed by atoms with Crippen LogP contribution in [-0.4, -0.2) is 67.4 Å².